The number of rotatable bonds is 7. The highest BCUT2D eigenvalue weighted by molar-refractivity contribution is 5.71. The lowest BCUT2D eigenvalue weighted by Gasteiger charge is -2.36. The van der Waals surface area contributed by atoms with Crippen LogP contribution in [0.1, 0.15) is 53.7 Å². The van der Waals surface area contributed by atoms with Crippen molar-refractivity contribution in [2.24, 2.45) is 0 Å². The molecule has 1 aromatic carbocycles. The predicted octanol–water partition coefficient (Wildman–Crippen LogP) is 6.20. The fourth-order valence-corrected chi connectivity index (χ4v) is 5.09. The third kappa shape index (κ3) is 6.85. The van der Waals surface area contributed by atoms with Crippen molar-refractivity contribution in [1.29, 1.82) is 0 Å². The van der Waals surface area contributed by atoms with Gasteiger partial charge in [0.25, 0.3) is 0 Å². The zero-order valence-electron chi connectivity index (χ0n) is 22.0. The number of pyridine rings is 1. The van der Waals surface area contributed by atoms with Crippen LogP contribution >= 0.6 is 0 Å². The maximum Gasteiger partial charge on any atom is 0.417 e. The van der Waals surface area contributed by atoms with Crippen LogP contribution in [0, 0.1) is 0 Å². The lowest BCUT2D eigenvalue weighted by Crippen LogP contribution is -2.43. The number of halogens is 9. The molecule has 0 saturated carbocycles. The van der Waals surface area contributed by atoms with E-state index in [1.807, 2.05) is 0 Å². The second-order valence-corrected chi connectivity index (χ2v) is 9.98. The van der Waals surface area contributed by atoms with Gasteiger partial charge in [0, 0.05) is 37.6 Å². The molecule has 0 bridgehead atoms. The summed E-state index contributed by atoms with van der Waals surface area (Å²) in [6.45, 7) is 1.07. The number of anilines is 1. The molecule has 2 saturated heterocycles. The zero-order chi connectivity index (χ0) is 31.0. The molecule has 2 aliphatic heterocycles. The van der Waals surface area contributed by atoms with Crippen LogP contribution in [0.2, 0.25) is 0 Å². The Balaban J connectivity index is 1.72. The number of hydrogen-bond acceptors (Lipinski definition) is 6. The van der Waals surface area contributed by atoms with Gasteiger partial charge in [-0.15, -0.1) is 0 Å². The number of benzene rings is 1. The van der Waals surface area contributed by atoms with E-state index in [1.165, 1.54) is 6.92 Å². The van der Waals surface area contributed by atoms with E-state index in [4.69, 9.17) is 9.47 Å². The van der Waals surface area contributed by atoms with Crippen molar-refractivity contribution in [3.05, 3.63) is 58.3 Å². The highest BCUT2D eigenvalue weighted by atomic mass is 19.4. The number of carbonyl (C=O) groups excluding carboxylic acids is 1. The Morgan fingerprint density at radius 2 is 1.50 bits per heavy atom. The van der Waals surface area contributed by atoms with Crippen LogP contribution in [0.3, 0.4) is 0 Å². The van der Waals surface area contributed by atoms with Gasteiger partial charge < -0.3 is 19.5 Å². The molecule has 16 heteroatoms. The Labute approximate surface area is 233 Å². The first-order valence-corrected chi connectivity index (χ1v) is 12.8. The normalized spacial score (nSPS) is 20.6. The first kappa shape index (κ1) is 31.7. The van der Waals surface area contributed by atoms with Crippen molar-refractivity contribution >= 4 is 11.9 Å². The average molecular weight is 615 g/mol. The van der Waals surface area contributed by atoms with Crippen LogP contribution < -0.4 is 4.90 Å². The Morgan fingerprint density at radius 3 is 2.02 bits per heavy atom. The highest BCUT2D eigenvalue weighted by Crippen LogP contribution is 2.42. The van der Waals surface area contributed by atoms with Gasteiger partial charge in [-0.1, -0.05) is 0 Å². The Kier molecular flexibility index (Phi) is 8.88. The van der Waals surface area contributed by atoms with Crippen LogP contribution in [0.25, 0.3) is 0 Å². The Hall–Kier alpha value is -3.27. The lowest BCUT2D eigenvalue weighted by atomic mass is 9.97. The number of aliphatic hydroxyl groups excluding tert-OH is 1. The molecule has 2 aliphatic rings. The molecule has 0 unspecified atom stereocenters. The van der Waals surface area contributed by atoms with Gasteiger partial charge in [-0.05, 0) is 49.6 Å². The van der Waals surface area contributed by atoms with Crippen LogP contribution in [-0.4, -0.2) is 59.5 Å². The summed E-state index contributed by atoms with van der Waals surface area (Å²) in [6.07, 6.45) is -16.3. The molecule has 3 heterocycles. The topological polar surface area (TPSA) is 75.1 Å². The van der Waals surface area contributed by atoms with E-state index in [9.17, 15) is 49.4 Å². The average Bonchev–Trinajstić information content (AvgIpc) is 3.19. The van der Waals surface area contributed by atoms with Gasteiger partial charge in [-0.3, -0.25) is 4.90 Å². The molecular formula is C26H26F9N3O4. The van der Waals surface area contributed by atoms with Crippen molar-refractivity contribution in [2.75, 3.05) is 31.3 Å². The lowest BCUT2D eigenvalue weighted by molar-refractivity contribution is -0.143. The fraction of sp³-hybridized carbons (Fsp3) is 0.538. The molecule has 0 spiro atoms. The first-order valence-electron chi connectivity index (χ1n) is 12.8. The van der Waals surface area contributed by atoms with Crippen molar-refractivity contribution in [3.8, 4) is 0 Å². The number of cyclic esters (lactones) is 1. The third-order valence-corrected chi connectivity index (χ3v) is 7.19. The summed E-state index contributed by atoms with van der Waals surface area (Å²) in [4.78, 5) is 19.4. The van der Waals surface area contributed by atoms with E-state index >= 15 is 0 Å². The second kappa shape index (κ2) is 11.8. The summed E-state index contributed by atoms with van der Waals surface area (Å²) < 4.78 is 132. The summed E-state index contributed by atoms with van der Waals surface area (Å²) in [5.74, 6) is 0.0332. The smallest absolute Gasteiger partial charge is 0.417 e. The molecule has 1 N–H and O–H groups in total. The second-order valence-electron chi connectivity index (χ2n) is 9.98. The van der Waals surface area contributed by atoms with Crippen molar-refractivity contribution in [1.82, 2.24) is 9.88 Å². The van der Waals surface area contributed by atoms with E-state index in [0.717, 1.165) is 11.0 Å². The molecule has 2 fully saturated rings. The van der Waals surface area contributed by atoms with Crippen LogP contribution in [0.15, 0.2) is 30.5 Å². The van der Waals surface area contributed by atoms with E-state index < -0.39 is 65.6 Å². The van der Waals surface area contributed by atoms with E-state index in [-0.39, 0.29) is 36.6 Å². The van der Waals surface area contributed by atoms with Gasteiger partial charge in [0.1, 0.15) is 11.9 Å². The molecule has 232 valence electrons. The molecular weight excluding hydrogens is 589 g/mol. The van der Waals surface area contributed by atoms with Gasteiger partial charge >= 0.3 is 24.6 Å². The molecule has 42 heavy (non-hydrogen) atoms. The van der Waals surface area contributed by atoms with Gasteiger partial charge in [0.15, 0.2) is 0 Å². The van der Waals surface area contributed by atoms with E-state index in [1.54, 1.807) is 4.90 Å². The van der Waals surface area contributed by atoms with Crippen molar-refractivity contribution in [2.45, 2.75) is 63.0 Å². The molecule has 1 aromatic heterocycles. The van der Waals surface area contributed by atoms with Gasteiger partial charge in [0.2, 0.25) is 0 Å². The number of carbonyl (C=O) groups is 1. The maximum atomic E-state index is 13.6. The maximum absolute atomic E-state index is 13.6. The van der Waals surface area contributed by atoms with Crippen molar-refractivity contribution in [3.63, 3.8) is 0 Å². The number of nitrogens with zero attached hydrogens (tertiary/aromatic N) is 3. The van der Waals surface area contributed by atoms with Crippen LogP contribution in [-0.2, 0) is 34.5 Å². The zero-order valence-corrected chi connectivity index (χ0v) is 22.0. The number of aliphatic hydroxyl groups is 1. The van der Waals surface area contributed by atoms with Gasteiger partial charge in [-0.25, -0.2) is 9.78 Å². The number of aromatic nitrogens is 1. The summed E-state index contributed by atoms with van der Waals surface area (Å²) in [5, 5.41) is 9.67. The van der Waals surface area contributed by atoms with Crippen molar-refractivity contribution < 1.29 is 58.9 Å². The molecule has 0 aliphatic carbocycles. The summed E-state index contributed by atoms with van der Waals surface area (Å²) in [7, 11) is 0. The number of ether oxygens (including phenoxy) is 2. The molecule has 1 amide bonds. The van der Waals surface area contributed by atoms with Gasteiger partial charge in [0.05, 0.1) is 35.9 Å². The SMILES string of the molecule is C[C@H]1[C@@H](c2cc(C(F)(F)F)cc(C(F)(F)F)c2)OC(=O)N1Cc1cc(C(F)(F)F)cnc1N(CCO)C1CCOCC1. The summed E-state index contributed by atoms with van der Waals surface area (Å²) >= 11 is 0. The predicted molar refractivity (Wildman–Crippen MR) is 128 cm³/mol. The molecule has 7 nitrogen and oxygen atoms in total. The minimum atomic E-state index is -5.14. The fourth-order valence-electron chi connectivity index (χ4n) is 5.09. The minimum absolute atomic E-state index is 0.0108. The molecule has 4 rings (SSSR count). The highest BCUT2D eigenvalue weighted by Gasteiger charge is 2.44. The molecule has 0 radical (unpaired) electrons. The third-order valence-electron chi connectivity index (χ3n) is 7.19. The molecule has 2 aromatic rings. The largest absolute Gasteiger partial charge is 0.439 e. The minimum Gasteiger partial charge on any atom is -0.439 e. The molecule has 2 atom stereocenters. The Bertz CT molecular complexity index is 1240. The van der Waals surface area contributed by atoms with Crippen LogP contribution in [0.4, 0.5) is 50.1 Å². The standard InChI is InChI=1S/C26H26F9N3O4/c1-14-21(15-8-17(24(27,28)29)11-18(9-15)25(30,31)32)42-23(40)38(14)13-16-10-19(26(33,34)35)12-36-22(16)37(4-5-39)20-2-6-41-7-3-20/h8-12,14,20-21,39H,2-7,13H2,1H3/t14-,21-/m0/s1. The van der Waals surface area contributed by atoms with E-state index in [0.29, 0.717) is 44.4 Å². The number of hydrogen-bond donors (Lipinski definition) is 1. The monoisotopic (exact) mass is 615 g/mol. The van der Waals surface area contributed by atoms with E-state index in [2.05, 4.69) is 4.98 Å². The van der Waals surface area contributed by atoms with Gasteiger partial charge in [-0.2, -0.15) is 39.5 Å². The number of alkyl halides is 9. The first-order chi connectivity index (χ1) is 19.5. The quantitative estimate of drug-likeness (QED) is 0.374. The van der Waals surface area contributed by atoms with Crippen LogP contribution in [0.5, 0.6) is 0 Å². The summed E-state index contributed by atoms with van der Waals surface area (Å²) in [6, 6.07) is 0.145. The number of amides is 1. The Morgan fingerprint density at radius 1 is 0.929 bits per heavy atom. The summed E-state index contributed by atoms with van der Waals surface area (Å²) in [5.41, 5.74) is -5.02.